The number of piperidine rings is 1. The van der Waals surface area contributed by atoms with E-state index in [4.69, 9.17) is 4.74 Å². The van der Waals surface area contributed by atoms with E-state index in [2.05, 4.69) is 21.2 Å². The Kier molecular flexibility index (Phi) is 5.38. The van der Waals surface area contributed by atoms with Crippen LogP contribution in [0.2, 0.25) is 0 Å². The molecule has 25 heavy (non-hydrogen) atoms. The standard InChI is InChI=1S/C19H19BrN2O3/c1-25-17-11-14(20)10-15(12-17)21-19(24)13-5-7-16(8-6-13)22-9-3-2-4-18(22)23/h5-8,10-12H,2-4,9H2,1H3,(H,21,24). The van der Waals surface area contributed by atoms with Crippen molar-refractivity contribution in [1.29, 1.82) is 0 Å². The molecule has 1 heterocycles. The Morgan fingerprint density at radius 2 is 1.92 bits per heavy atom. The lowest BCUT2D eigenvalue weighted by atomic mass is 10.1. The van der Waals surface area contributed by atoms with Crippen LogP contribution >= 0.6 is 15.9 Å². The highest BCUT2D eigenvalue weighted by molar-refractivity contribution is 9.10. The summed E-state index contributed by atoms with van der Waals surface area (Å²) in [5, 5.41) is 2.85. The average molecular weight is 403 g/mol. The van der Waals surface area contributed by atoms with Crippen molar-refractivity contribution in [1.82, 2.24) is 0 Å². The van der Waals surface area contributed by atoms with Crippen LogP contribution < -0.4 is 15.0 Å². The summed E-state index contributed by atoms with van der Waals surface area (Å²) >= 11 is 3.39. The molecule has 2 amide bonds. The Hall–Kier alpha value is -2.34. The summed E-state index contributed by atoms with van der Waals surface area (Å²) < 4.78 is 6.02. The highest BCUT2D eigenvalue weighted by Crippen LogP contribution is 2.25. The predicted octanol–water partition coefficient (Wildman–Crippen LogP) is 4.23. The number of hydrogen-bond acceptors (Lipinski definition) is 3. The van der Waals surface area contributed by atoms with Gasteiger partial charge < -0.3 is 15.0 Å². The molecule has 0 radical (unpaired) electrons. The molecule has 0 spiro atoms. The number of ether oxygens (including phenoxy) is 1. The van der Waals surface area contributed by atoms with E-state index >= 15 is 0 Å². The first-order valence-corrected chi connectivity index (χ1v) is 8.92. The Morgan fingerprint density at radius 3 is 2.60 bits per heavy atom. The second-order valence-corrected chi connectivity index (χ2v) is 6.80. The number of anilines is 2. The van der Waals surface area contributed by atoms with E-state index in [0.717, 1.165) is 29.5 Å². The van der Waals surface area contributed by atoms with E-state index in [9.17, 15) is 9.59 Å². The maximum Gasteiger partial charge on any atom is 0.255 e. The third kappa shape index (κ3) is 4.20. The number of nitrogens with one attached hydrogen (secondary N) is 1. The molecule has 2 aromatic carbocycles. The number of carbonyl (C=O) groups excluding carboxylic acids is 2. The van der Waals surface area contributed by atoms with Crippen molar-refractivity contribution < 1.29 is 14.3 Å². The van der Waals surface area contributed by atoms with E-state index < -0.39 is 0 Å². The summed E-state index contributed by atoms with van der Waals surface area (Å²) in [5.74, 6) is 0.588. The largest absolute Gasteiger partial charge is 0.497 e. The van der Waals surface area contributed by atoms with E-state index in [-0.39, 0.29) is 11.8 Å². The average Bonchev–Trinajstić information content (AvgIpc) is 2.61. The fourth-order valence-corrected chi connectivity index (χ4v) is 3.30. The number of carbonyl (C=O) groups is 2. The number of amides is 2. The Bertz CT molecular complexity index is 790. The smallest absolute Gasteiger partial charge is 0.255 e. The number of hydrogen-bond donors (Lipinski definition) is 1. The maximum absolute atomic E-state index is 12.4. The number of benzene rings is 2. The highest BCUT2D eigenvalue weighted by Gasteiger charge is 2.19. The van der Waals surface area contributed by atoms with Crippen molar-refractivity contribution in [2.45, 2.75) is 19.3 Å². The molecule has 1 aliphatic heterocycles. The molecule has 1 N–H and O–H groups in total. The number of methoxy groups -OCH3 is 1. The van der Waals surface area contributed by atoms with E-state index in [1.54, 1.807) is 36.3 Å². The zero-order chi connectivity index (χ0) is 17.8. The molecule has 1 fully saturated rings. The molecule has 2 aromatic rings. The van der Waals surface area contributed by atoms with Crippen LogP contribution in [-0.2, 0) is 4.79 Å². The van der Waals surface area contributed by atoms with Crippen molar-refractivity contribution in [3.63, 3.8) is 0 Å². The summed E-state index contributed by atoms with van der Waals surface area (Å²) in [5.41, 5.74) is 2.02. The van der Waals surface area contributed by atoms with Crippen LogP contribution in [-0.4, -0.2) is 25.5 Å². The molecule has 3 rings (SSSR count). The molecule has 0 bridgehead atoms. The molecule has 130 valence electrons. The van der Waals surface area contributed by atoms with Crippen LogP contribution in [0.3, 0.4) is 0 Å². The third-order valence-electron chi connectivity index (χ3n) is 4.13. The first-order valence-electron chi connectivity index (χ1n) is 8.13. The molecule has 6 heteroatoms. The van der Waals surface area contributed by atoms with Gasteiger partial charge >= 0.3 is 0 Å². The van der Waals surface area contributed by atoms with Gasteiger partial charge in [0, 0.05) is 40.4 Å². The first-order chi connectivity index (χ1) is 12.1. The number of rotatable bonds is 4. The van der Waals surface area contributed by atoms with Crippen LogP contribution in [0.25, 0.3) is 0 Å². The van der Waals surface area contributed by atoms with Gasteiger partial charge in [0.1, 0.15) is 5.75 Å². The first kappa shape index (κ1) is 17.5. The van der Waals surface area contributed by atoms with Gasteiger partial charge in [-0.15, -0.1) is 0 Å². The van der Waals surface area contributed by atoms with Gasteiger partial charge in [-0.1, -0.05) is 15.9 Å². The minimum absolute atomic E-state index is 0.143. The van der Waals surface area contributed by atoms with Crippen molar-refractivity contribution in [2.24, 2.45) is 0 Å². The molecule has 0 atom stereocenters. The lowest BCUT2D eigenvalue weighted by molar-refractivity contribution is -0.119. The molecule has 0 aliphatic carbocycles. The second-order valence-electron chi connectivity index (χ2n) is 5.88. The Labute approximate surface area is 155 Å². The van der Waals surface area contributed by atoms with Gasteiger partial charge in [-0.05, 0) is 49.2 Å². The second kappa shape index (κ2) is 7.70. The van der Waals surface area contributed by atoms with Gasteiger partial charge in [-0.2, -0.15) is 0 Å². The molecular formula is C19H19BrN2O3. The normalized spacial score (nSPS) is 14.3. The summed E-state index contributed by atoms with van der Waals surface area (Å²) in [6, 6.07) is 12.5. The summed E-state index contributed by atoms with van der Waals surface area (Å²) in [6.45, 7) is 0.738. The molecule has 0 unspecified atom stereocenters. The third-order valence-corrected chi connectivity index (χ3v) is 4.59. The van der Waals surface area contributed by atoms with Crippen molar-refractivity contribution in [2.75, 3.05) is 23.9 Å². The van der Waals surface area contributed by atoms with Gasteiger partial charge in [0.25, 0.3) is 5.91 Å². The molecule has 0 saturated carbocycles. The number of nitrogens with zero attached hydrogens (tertiary/aromatic N) is 1. The van der Waals surface area contributed by atoms with E-state index in [1.165, 1.54) is 0 Å². The van der Waals surface area contributed by atoms with Crippen molar-refractivity contribution in [3.8, 4) is 5.75 Å². The summed E-state index contributed by atoms with van der Waals surface area (Å²) in [4.78, 5) is 26.2. The van der Waals surface area contributed by atoms with Crippen molar-refractivity contribution in [3.05, 3.63) is 52.5 Å². The van der Waals surface area contributed by atoms with Gasteiger partial charge in [0.15, 0.2) is 0 Å². The Morgan fingerprint density at radius 1 is 1.16 bits per heavy atom. The quantitative estimate of drug-likeness (QED) is 0.832. The maximum atomic E-state index is 12.4. The lowest BCUT2D eigenvalue weighted by Crippen LogP contribution is -2.35. The molecular weight excluding hydrogens is 384 g/mol. The zero-order valence-corrected chi connectivity index (χ0v) is 15.5. The fraction of sp³-hybridized carbons (Fsp3) is 0.263. The van der Waals surface area contributed by atoms with E-state index in [0.29, 0.717) is 23.4 Å². The molecule has 1 aliphatic rings. The Balaban J connectivity index is 1.72. The molecule has 0 aromatic heterocycles. The van der Waals surface area contributed by atoms with Gasteiger partial charge in [-0.3, -0.25) is 9.59 Å². The minimum Gasteiger partial charge on any atom is -0.497 e. The summed E-state index contributed by atoms with van der Waals surface area (Å²) in [7, 11) is 1.58. The molecule has 5 nitrogen and oxygen atoms in total. The minimum atomic E-state index is -0.211. The van der Waals surface area contributed by atoms with Crippen LogP contribution in [0, 0.1) is 0 Å². The zero-order valence-electron chi connectivity index (χ0n) is 13.9. The topological polar surface area (TPSA) is 58.6 Å². The van der Waals surface area contributed by atoms with Gasteiger partial charge in [0.05, 0.1) is 7.11 Å². The molecule has 1 saturated heterocycles. The summed E-state index contributed by atoms with van der Waals surface area (Å²) in [6.07, 6.45) is 2.55. The monoisotopic (exact) mass is 402 g/mol. The van der Waals surface area contributed by atoms with Gasteiger partial charge in [0.2, 0.25) is 5.91 Å². The van der Waals surface area contributed by atoms with Crippen LogP contribution in [0.15, 0.2) is 46.9 Å². The van der Waals surface area contributed by atoms with Gasteiger partial charge in [-0.25, -0.2) is 0 Å². The fourth-order valence-electron chi connectivity index (χ4n) is 2.83. The highest BCUT2D eigenvalue weighted by atomic mass is 79.9. The predicted molar refractivity (Wildman–Crippen MR) is 101 cm³/mol. The number of halogens is 1. The van der Waals surface area contributed by atoms with Crippen LogP contribution in [0.4, 0.5) is 11.4 Å². The van der Waals surface area contributed by atoms with Crippen molar-refractivity contribution >= 4 is 39.1 Å². The van der Waals surface area contributed by atoms with Crippen LogP contribution in [0.5, 0.6) is 5.75 Å². The van der Waals surface area contributed by atoms with Crippen LogP contribution in [0.1, 0.15) is 29.6 Å². The lowest BCUT2D eigenvalue weighted by Gasteiger charge is -2.26. The van der Waals surface area contributed by atoms with E-state index in [1.807, 2.05) is 18.2 Å². The SMILES string of the molecule is COc1cc(Br)cc(NC(=O)c2ccc(N3CCCCC3=O)cc2)c1.